The lowest BCUT2D eigenvalue weighted by Crippen LogP contribution is -2.48. The number of hydrogen-bond donors (Lipinski definition) is 2. The monoisotopic (exact) mass is 289 g/mol. The summed E-state index contributed by atoms with van der Waals surface area (Å²) >= 11 is 0. The molecule has 0 amide bonds. The normalized spacial score (nSPS) is 34.3. The van der Waals surface area contributed by atoms with Gasteiger partial charge in [0.1, 0.15) is 0 Å². The van der Waals surface area contributed by atoms with Crippen molar-refractivity contribution < 1.29 is 13.5 Å². The van der Waals surface area contributed by atoms with E-state index in [1.807, 2.05) is 0 Å². The average Bonchev–Trinajstić information content (AvgIpc) is 2.38. The summed E-state index contributed by atoms with van der Waals surface area (Å²) in [4.78, 5) is 0. The Kier molecular flexibility index (Phi) is 4.90. The molecule has 0 saturated heterocycles. The summed E-state index contributed by atoms with van der Waals surface area (Å²) in [6.07, 6.45) is 8.24. The zero-order valence-corrected chi connectivity index (χ0v) is 12.7. The zero-order chi connectivity index (χ0) is 13.9. The minimum absolute atomic E-state index is 0.191. The number of sulfonamides is 1. The van der Waals surface area contributed by atoms with Gasteiger partial charge in [0.25, 0.3) is 0 Å². The topological polar surface area (TPSA) is 66.4 Å². The third-order valence-electron chi connectivity index (χ3n) is 4.66. The van der Waals surface area contributed by atoms with E-state index >= 15 is 0 Å². The van der Waals surface area contributed by atoms with Crippen molar-refractivity contribution in [3.8, 4) is 0 Å². The van der Waals surface area contributed by atoms with Crippen LogP contribution in [0.2, 0.25) is 0 Å². The van der Waals surface area contributed by atoms with Gasteiger partial charge in [-0.3, -0.25) is 0 Å². The molecule has 0 heterocycles. The standard InChI is InChI=1S/C14H27NO3S/c1-12-6-5-9-14(16,10-12)11-15-19(17,18)13-7-3-2-4-8-13/h12-13,15-16H,2-11H2,1H3. The van der Waals surface area contributed by atoms with E-state index in [1.54, 1.807) is 0 Å². The largest absolute Gasteiger partial charge is 0.389 e. The quantitative estimate of drug-likeness (QED) is 0.833. The highest BCUT2D eigenvalue weighted by Crippen LogP contribution is 2.32. The molecule has 0 spiro atoms. The van der Waals surface area contributed by atoms with Gasteiger partial charge >= 0.3 is 0 Å². The SMILES string of the molecule is CC1CCCC(O)(CNS(=O)(=O)C2CCCCC2)C1. The fourth-order valence-corrected chi connectivity index (χ4v) is 5.18. The third-order valence-corrected chi connectivity index (χ3v) is 6.56. The summed E-state index contributed by atoms with van der Waals surface area (Å²) in [6, 6.07) is 0. The molecule has 0 aromatic rings. The van der Waals surface area contributed by atoms with E-state index in [-0.39, 0.29) is 11.8 Å². The molecule has 0 bridgehead atoms. The maximum atomic E-state index is 12.2. The van der Waals surface area contributed by atoms with Crippen molar-refractivity contribution in [2.24, 2.45) is 5.92 Å². The first-order chi connectivity index (χ1) is 8.91. The molecule has 0 radical (unpaired) electrons. The number of nitrogens with one attached hydrogen (secondary N) is 1. The van der Waals surface area contributed by atoms with Gasteiger partial charge in [-0.25, -0.2) is 13.1 Å². The lowest BCUT2D eigenvalue weighted by Gasteiger charge is -2.36. The second-order valence-corrected chi connectivity index (χ2v) is 8.60. The molecular weight excluding hydrogens is 262 g/mol. The van der Waals surface area contributed by atoms with Crippen molar-refractivity contribution in [1.29, 1.82) is 0 Å². The molecule has 5 heteroatoms. The van der Waals surface area contributed by atoms with Crippen molar-refractivity contribution in [2.45, 2.75) is 75.6 Å². The molecule has 0 aromatic heterocycles. The summed E-state index contributed by atoms with van der Waals surface area (Å²) in [5, 5.41) is 10.2. The van der Waals surface area contributed by atoms with Crippen molar-refractivity contribution in [3.63, 3.8) is 0 Å². The van der Waals surface area contributed by atoms with E-state index in [4.69, 9.17) is 0 Å². The van der Waals surface area contributed by atoms with Gasteiger partial charge in [-0.15, -0.1) is 0 Å². The fourth-order valence-electron chi connectivity index (χ4n) is 3.52. The molecule has 4 nitrogen and oxygen atoms in total. The van der Waals surface area contributed by atoms with Gasteiger partial charge < -0.3 is 5.11 Å². The summed E-state index contributed by atoms with van der Waals surface area (Å²) in [6.45, 7) is 2.32. The minimum atomic E-state index is -3.25. The lowest BCUT2D eigenvalue weighted by molar-refractivity contribution is -0.00757. The van der Waals surface area contributed by atoms with Crippen LogP contribution in [0.3, 0.4) is 0 Å². The van der Waals surface area contributed by atoms with Gasteiger partial charge in [-0.1, -0.05) is 39.0 Å². The highest BCUT2D eigenvalue weighted by Gasteiger charge is 2.35. The lowest BCUT2D eigenvalue weighted by atomic mass is 9.79. The summed E-state index contributed by atoms with van der Waals surface area (Å²) in [5.74, 6) is 0.484. The van der Waals surface area contributed by atoms with Gasteiger partial charge in [0, 0.05) is 6.54 Å². The molecular formula is C14H27NO3S. The summed E-state index contributed by atoms with van der Waals surface area (Å²) in [7, 11) is -3.25. The molecule has 2 aliphatic rings. The van der Waals surface area contributed by atoms with Crippen molar-refractivity contribution in [3.05, 3.63) is 0 Å². The molecule has 112 valence electrons. The minimum Gasteiger partial charge on any atom is -0.389 e. The van der Waals surface area contributed by atoms with E-state index in [1.165, 1.54) is 0 Å². The van der Waals surface area contributed by atoms with Crippen molar-refractivity contribution >= 4 is 10.0 Å². The smallest absolute Gasteiger partial charge is 0.214 e. The van der Waals surface area contributed by atoms with Crippen LogP contribution in [0.5, 0.6) is 0 Å². The van der Waals surface area contributed by atoms with Crippen molar-refractivity contribution in [2.75, 3.05) is 6.54 Å². The second-order valence-electron chi connectivity index (χ2n) is 6.55. The van der Waals surface area contributed by atoms with Crippen LogP contribution in [0.25, 0.3) is 0 Å². The van der Waals surface area contributed by atoms with Crippen LogP contribution in [-0.2, 0) is 10.0 Å². The van der Waals surface area contributed by atoms with Crippen LogP contribution < -0.4 is 4.72 Å². The number of aliphatic hydroxyl groups is 1. The Morgan fingerprint density at radius 2 is 1.84 bits per heavy atom. The predicted molar refractivity (Wildman–Crippen MR) is 76.4 cm³/mol. The Labute approximate surface area is 117 Å². The maximum absolute atomic E-state index is 12.2. The maximum Gasteiger partial charge on any atom is 0.214 e. The van der Waals surface area contributed by atoms with Crippen LogP contribution in [0.4, 0.5) is 0 Å². The van der Waals surface area contributed by atoms with Crippen LogP contribution in [-0.4, -0.2) is 30.9 Å². The molecule has 2 saturated carbocycles. The van der Waals surface area contributed by atoms with Crippen molar-refractivity contribution in [1.82, 2.24) is 4.72 Å². The Morgan fingerprint density at radius 3 is 2.47 bits per heavy atom. The summed E-state index contributed by atoms with van der Waals surface area (Å²) < 4.78 is 27.1. The molecule has 2 rings (SSSR count). The van der Waals surface area contributed by atoms with Gasteiger partial charge in [0.05, 0.1) is 10.9 Å². The highest BCUT2D eigenvalue weighted by molar-refractivity contribution is 7.90. The summed E-state index contributed by atoms with van der Waals surface area (Å²) in [5.41, 5.74) is -0.834. The zero-order valence-electron chi connectivity index (χ0n) is 11.9. The number of rotatable bonds is 4. The van der Waals surface area contributed by atoms with Gasteiger partial charge in [-0.05, 0) is 31.6 Å². The molecule has 2 fully saturated rings. The first kappa shape index (κ1) is 15.3. The van der Waals surface area contributed by atoms with Crippen LogP contribution in [0.15, 0.2) is 0 Å². The Balaban J connectivity index is 1.89. The Bertz CT molecular complexity index is 389. The molecule has 0 aliphatic heterocycles. The molecule has 2 aliphatic carbocycles. The van der Waals surface area contributed by atoms with Gasteiger partial charge in [0.2, 0.25) is 10.0 Å². The van der Waals surface area contributed by atoms with Gasteiger partial charge in [0.15, 0.2) is 0 Å². The molecule has 2 N–H and O–H groups in total. The van der Waals surface area contributed by atoms with E-state index < -0.39 is 15.6 Å². The fraction of sp³-hybridized carbons (Fsp3) is 1.00. The average molecular weight is 289 g/mol. The van der Waals surface area contributed by atoms with Crippen LogP contribution in [0.1, 0.15) is 64.7 Å². The van der Waals surface area contributed by atoms with Crippen LogP contribution in [0, 0.1) is 5.92 Å². The van der Waals surface area contributed by atoms with E-state index in [0.29, 0.717) is 18.8 Å². The predicted octanol–water partition coefficient (Wildman–Crippen LogP) is 2.18. The second kappa shape index (κ2) is 6.10. The van der Waals surface area contributed by atoms with E-state index in [0.717, 1.165) is 44.9 Å². The Hall–Kier alpha value is -0.130. The Morgan fingerprint density at radius 1 is 1.16 bits per heavy atom. The van der Waals surface area contributed by atoms with Gasteiger partial charge in [-0.2, -0.15) is 0 Å². The first-order valence-electron chi connectivity index (χ1n) is 7.62. The molecule has 2 unspecified atom stereocenters. The van der Waals surface area contributed by atoms with Crippen LogP contribution >= 0.6 is 0 Å². The molecule has 19 heavy (non-hydrogen) atoms. The number of hydrogen-bond acceptors (Lipinski definition) is 3. The third kappa shape index (κ3) is 4.17. The highest BCUT2D eigenvalue weighted by atomic mass is 32.2. The molecule has 2 atom stereocenters. The molecule has 0 aromatic carbocycles. The first-order valence-corrected chi connectivity index (χ1v) is 9.17. The van der Waals surface area contributed by atoms with E-state index in [2.05, 4.69) is 11.6 Å². The van der Waals surface area contributed by atoms with E-state index in [9.17, 15) is 13.5 Å².